The number of ether oxygens (including phenoxy) is 1. The van der Waals surface area contributed by atoms with Crippen LogP contribution in [-0.4, -0.2) is 54.4 Å². The number of aliphatic hydroxyl groups excluding tert-OH is 3. The van der Waals surface area contributed by atoms with Crippen molar-refractivity contribution in [1.82, 2.24) is 14.1 Å². The molecule has 4 atom stereocenters. The number of pyridine rings is 1. The van der Waals surface area contributed by atoms with E-state index in [1.165, 1.54) is 36.5 Å². The Morgan fingerprint density at radius 2 is 1.79 bits per heavy atom. The molecule has 12 heteroatoms. The van der Waals surface area contributed by atoms with E-state index in [1.807, 2.05) is 0 Å². The number of benzene rings is 1. The van der Waals surface area contributed by atoms with E-state index in [4.69, 9.17) is 4.74 Å². The summed E-state index contributed by atoms with van der Waals surface area (Å²) in [4.78, 5) is 29.5. The largest absolute Gasteiger partial charge is 0.417 e. The van der Waals surface area contributed by atoms with Crippen LogP contribution in [0.25, 0.3) is 11.1 Å². The summed E-state index contributed by atoms with van der Waals surface area (Å²) in [5.74, 6) is 0. The predicted molar refractivity (Wildman–Crippen MR) is 112 cm³/mol. The van der Waals surface area contributed by atoms with E-state index >= 15 is 0 Å². The molecule has 3 aromatic rings. The minimum absolute atomic E-state index is 0.0806. The summed E-state index contributed by atoms with van der Waals surface area (Å²) in [6, 6.07) is 8.78. The van der Waals surface area contributed by atoms with Crippen molar-refractivity contribution in [2.45, 2.75) is 37.3 Å². The molecule has 2 unspecified atom stereocenters. The SMILES string of the molecule is O=c1ccn([C@@H]2O[C@H](CO)C(O)C2O)c(=O)n1Cc1cc(-c2ccccc2C(F)(F)F)ccn1. The second kappa shape index (κ2) is 9.14. The Kier molecular flexibility index (Phi) is 6.41. The third-order valence-electron chi connectivity index (χ3n) is 5.57. The first kappa shape index (κ1) is 23.8. The van der Waals surface area contributed by atoms with Gasteiger partial charge in [0.25, 0.3) is 5.56 Å². The maximum Gasteiger partial charge on any atom is 0.417 e. The zero-order valence-corrected chi connectivity index (χ0v) is 17.5. The molecule has 1 saturated heterocycles. The first-order valence-corrected chi connectivity index (χ1v) is 10.2. The van der Waals surface area contributed by atoms with E-state index in [2.05, 4.69) is 4.98 Å². The number of nitrogens with zero attached hydrogens (tertiary/aromatic N) is 3. The molecule has 1 aliphatic heterocycles. The number of aliphatic hydroxyl groups is 3. The zero-order valence-electron chi connectivity index (χ0n) is 17.5. The first-order chi connectivity index (χ1) is 16.1. The summed E-state index contributed by atoms with van der Waals surface area (Å²) in [5.41, 5.74) is -2.18. The molecular formula is C22H20F3N3O6. The molecular weight excluding hydrogens is 459 g/mol. The quantitative estimate of drug-likeness (QED) is 0.493. The predicted octanol–water partition coefficient (Wildman–Crippen LogP) is 0.751. The lowest BCUT2D eigenvalue weighted by molar-refractivity contribution is -0.137. The molecule has 0 radical (unpaired) electrons. The summed E-state index contributed by atoms with van der Waals surface area (Å²) in [6.45, 7) is -0.964. The van der Waals surface area contributed by atoms with E-state index in [-0.39, 0.29) is 23.4 Å². The summed E-state index contributed by atoms with van der Waals surface area (Å²) < 4.78 is 47.3. The lowest BCUT2D eigenvalue weighted by Gasteiger charge is -2.18. The molecule has 180 valence electrons. The van der Waals surface area contributed by atoms with Gasteiger partial charge in [0.15, 0.2) is 6.23 Å². The van der Waals surface area contributed by atoms with Gasteiger partial charge in [0, 0.05) is 18.5 Å². The molecule has 3 N–H and O–H groups in total. The van der Waals surface area contributed by atoms with E-state index in [0.29, 0.717) is 0 Å². The second-order valence-corrected chi connectivity index (χ2v) is 7.74. The Morgan fingerprint density at radius 3 is 2.47 bits per heavy atom. The average Bonchev–Trinajstić information content (AvgIpc) is 3.10. The van der Waals surface area contributed by atoms with Crippen molar-refractivity contribution >= 4 is 0 Å². The average molecular weight is 479 g/mol. The lowest BCUT2D eigenvalue weighted by Crippen LogP contribution is -2.43. The van der Waals surface area contributed by atoms with Crippen LogP contribution in [0.4, 0.5) is 13.2 Å². The molecule has 0 saturated carbocycles. The van der Waals surface area contributed by atoms with E-state index < -0.39 is 54.1 Å². The van der Waals surface area contributed by atoms with Gasteiger partial charge in [-0.05, 0) is 29.3 Å². The van der Waals surface area contributed by atoms with E-state index in [0.717, 1.165) is 27.5 Å². The van der Waals surface area contributed by atoms with Crippen LogP contribution in [0.1, 0.15) is 17.5 Å². The van der Waals surface area contributed by atoms with Crippen LogP contribution in [-0.2, 0) is 17.5 Å². The highest BCUT2D eigenvalue weighted by Crippen LogP contribution is 2.37. The molecule has 1 fully saturated rings. The van der Waals surface area contributed by atoms with Crippen LogP contribution < -0.4 is 11.2 Å². The van der Waals surface area contributed by atoms with Crippen LogP contribution in [0, 0.1) is 0 Å². The molecule has 0 aliphatic carbocycles. The van der Waals surface area contributed by atoms with Gasteiger partial charge in [-0.15, -0.1) is 0 Å². The Hall–Kier alpha value is -3.32. The van der Waals surface area contributed by atoms with Gasteiger partial charge in [0.1, 0.15) is 18.3 Å². The van der Waals surface area contributed by atoms with Crippen LogP contribution >= 0.6 is 0 Å². The van der Waals surface area contributed by atoms with Crippen molar-refractivity contribution < 1.29 is 33.2 Å². The van der Waals surface area contributed by atoms with Gasteiger partial charge in [-0.25, -0.2) is 4.79 Å². The van der Waals surface area contributed by atoms with Crippen molar-refractivity contribution in [3.8, 4) is 11.1 Å². The third-order valence-corrected chi connectivity index (χ3v) is 5.57. The molecule has 2 aromatic heterocycles. The summed E-state index contributed by atoms with van der Waals surface area (Å²) in [5, 5.41) is 29.4. The smallest absolute Gasteiger partial charge is 0.394 e. The first-order valence-electron chi connectivity index (χ1n) is 10.2. The maximum atomic E-state index is 13.4. The highest BCUT2D eigenvalue weighted by atomic mass is 19.4. The van der Waals surface area contributed by atoms with Crippen LogP contribution in [0.3, 0.4) is 0 Å². The Balaban J connectivity index is 1.70. The number of hydrogen-bond acceptors (Lipinski definition) is 7. The highest BCUT2D eigenvalue weighted by Gasteiger charge is 2.44. The van der Waals surface area contributed by atoms with E-state index in [9.17, 15) is 38.1 Å². The minimum Gasteiger partial charge on any atom is -0.394 e. The van der Waals surface area contributed by atoms with Crippen LogP contribution in [0.15, 0.2) is 64.4 Å². The lowest BCUT2D eigenvalue weighted by atomic mass is 9.99. The number of hydrogen-bond donors (Lipinski definition) is 3. The number of alkyl halides is 3. The molecule has 1 aliphatic rings. The van der Waals surface area contributed by atoms with Gasteiger partial charge in [-0.1, -0.05) is 18.2 Å². The van der Waals surface area contributed by atoms with Gasteiger partial charge in [0.05, 0.1) is 24.4 Å². The number of aromatic nitrogens is 3. The summed E-state index contributed by atoms with van der Waals surface area (Å²) in [6.07, 6.45) is -7.69. The highest BCUT2D eigenvalue weighted by molar-refractivity contribution is 5.68. The Labute approximate surface area is 189 Å². The Bertz CT molecular complexity index is 1310. The third kappa shape index (κ3) is 4.40. The fourth-order valence-electron chi connectivity index (χ4n) is 3.86. The Morgan fingerprint density at radius 1 is 1.06 bits per heavy atom. The van der Waals surface area contributed by atoms with Gasteiger partial charge in [-0.3, -0.25) is 18.9 Å². The summed E-state index contributed by atoms with van der Waals surface area (Å²) in [7, 11) is 0. The monoisotopic (exact) mass is 479 g/mol. The van der Waals surface area contributed by atoms with Gasteiger partial charge in [0.2, 0.25) is 0 Å². The van der Waals surface area contributed by atoms with Crippen molar-refractivity contribution in [2.75, 3.05) is 6.61 Å². The van der Waals surface area contributed by atoms with Crippen LogP contribution in [0.5, 0.6) is 0 Å². The fourth-order valence-corrected chi connectivity index (χ4v) is 3.86. The number of rotatable bonds is 5. The molecule has 0 spiro atoms. The molecule has 0 bridgehead atoms. The topological polar surface area (TPSA) is 127 Å². The van der Waals surface area contributed by atoms with Crippen molar-refractivity contribution in [2.24, 2.45) is 0 Å². The van der Waals surface area contributed by atoms with Gasteiger partial charge >= 0.3 is 11.9 Å². The second-order valence-electron chi connectivity index (χ2n) is 7.74. The van der Waals surface area contributed by atoms with Crippen molar-refractivity contribution in [1.29, 1.82) is 0 Å². The maximum absolute atomic E-state index is 13.4. The molecule has 0 amide bonds. The number of halogens is 3. The normalized spacial score (nSPS) is 22.8. The standard InChI is InChI=1S/C22H20F3N3O6/c23-22(24,25)15-4-2-1-3-14(15)12-5-7-26-13(9-12)10-28-17(30)6-8-27(21(28)33)20-19(32)18(31)16(11-29)34-20/h1-9,16,18-20,29,31-32H,10-11H2/t16-,18?,19?,20-/m1/s1. The van der Waals surface area contributed by atoms with Crippen molar-refractivity contribution in [3.05, 3.63) is 87.0 Å². The van der Waals surface area contributed by atoms with Crippen LogP contribution in [0.2, 0.25) is 0 Å². The van der Waals surface area contributed by atoms with Gasteiger partial charge in [-0.2, -0.15) is 13.2 Å². The summed E-state index contributed by atoms with van der Waals surface area (Å²) >= 11 is 0. The molecule has 34 heavy (non-hydrogen) atoms. The minimum atomic E-state index is -4.58. The molecule has 1 aromatic carbocycles. The fraction of sp³-hybridized carbons (Fsp3) is 0.318. The zero-order chi connectivity index (χ0) is 24.6. The molecule has 9 nitrogen and oxygen atoms in total. The molecule has 4 rings (SSSR count). The van der Waals surface area contributed by atoms with Crippen molar-refractivity contribution in [3.63, 3.8) is 0 Å². The molecule has 3 heterocycles. The van der Waals surface area contributed by atoms with E-state index in [1.54, 1.807) is 0 Å². The van der Waals surface area contributed by atoms with Gasteiger partial charge < -0.3 is 20.1 Å².